The molecular weight excluding hydrogens is 252 g/mol. The lowest BCUT2D eigenvalue weighted by Gasteiger charge is -2.17. The molecule has 0 aliphatic rings. The lowest BCUT2D eigenvalue weighted by atomic mass is 10.2. The summed E-state index contributed by atoms with van der Waals surface area (Å²) in [4.78, 5) is 11.5. The molecule has 1 aromatic carbocycles. The molecule has 0 heterocycles. The number of hydrogen-bond acceptors (Lipinski definition) is 3. The highest BCUT2D eigenvalue weighted by atomic mass is 32.2. The third-order valence-electron chi connectivity index (χ3n) is 2.66. The zero-order valence-electron chi connectivity index (χ0n) is 11.0. The van der Waals surface area contributed by atoms with Crippen molar-refractivity contribution >= 4 is 15.9 Å². The monoisotopic (exact) mass is 270 g/mol. The number of aryl methyl sites for hydroxylation is 2. The lowest BCUT2D eigenvalue weighted by Crippen LogP contribution is -2.37. The van der Waals surface area contributed by atoms with Gasteiger partial charge in [0.05, 0.1) is 11.4 Å². The minimum Gasteiger partial charge on any atom is -0.358 e. The van der Waals surface area contributed by atoms with Crippen molar-refractivity contribution in [3.8, 4) is 0 Å². The molecule has 0 bridgehead atoms. The van der Waals surface area contributed by atoms with Gasteiger partial charge in [-0.25, -0.2) is 8.42 Å². The van der Waals surface area contributed by atoms with Crippen LogP contribution < -0.4 is 5.32 Å². The third-order valence-corrected chi connectivity index (χ3v) is 4.63. The zero-order valence-corrected chi connectivity index (χ0v) is 11.8. The molecule has 6 heteroatoms. The minimum absolute atomic E-state index is 0.188. The van der Waals surface area contributed by atoms with Crippen molar-refractivity contribution < 1.29 is 13.2 Å². The molecule has 1 rings (SSSR count). The summed E-state index contributed by atoms with van der Waals surface area (Å²) in [6.45, 7) is 3.46. The van der Waals surface area contributed by atoms with Gasteiger partial charge in [-0.05, 0) is 25.5 Å². The van der Waals surface area contributed by atoms with Gasteiger partial charge in [-0.1, -0.05) is 17.7 Å². The number of nitrogens with one attached hydrogen (secondary N) is 1. The van der Waals surface area contributed by atoms with E-state index in [4.69, 9.17) is 0 Å². The number of amides is 1. The van der Waals surface area contributed by atoms with Crippen molar-refractivity contribution in [3.05, 3.63) is 29.3 Å². The number of benzene rings is 1. The van der Waals surface area contributed by atoms with Gasteiger partial charge in [-0.3, -0.25) is 4.79 Å². The highest BCUT2D eigenvalue weighted by molar-refractivity contribution is 7.89. The van der Waals surface area contributed by atoms with Crippen LogP contribution in [0, 0.1) is 13.8 Å². The van der Waals surface area contributed by atoms with Gasteiger partial charge in [0.2, 0.25) is 15.9 Å². The smallest absolute Gasteiger partial charge is 0.243 e. The van der Waals surface area contributed by atoms with Gasteiger partial charge >= 0.3 is 0 Å². The second-order valence-corrected chi connectivity index (χ2v) is 6.22. The first kappa shape index (κ1) is 14.7. The summed E-state index contributed by atoms with van der Waals surface area (Å²) >= 11 is 0. The van der Waals surface area contributed by atoms with Crippen LogP contribution in [-0.2, 0) is 14.8 Å². The Bertz CT molecular complexity index is 552. The number of likely N-dealkylation sites (N-methyl/N-ethyl adjacent to an activating group) is 2. The average molecular weight is 270 g/mol. The van der Waals surface area contributed by atoms with Gasteiger partial charge < -0.3 is 5.32 Å². The maximum absolute atomic E-state index is 12.3. The predicted octanol–water partition coefficient (Wildman–Crippen LogP) is 0.670. The van der Waals surface area contributed by atoms with Crippen molar-refractivity contribution in [2.24, 2.45) is 0 Å². The van der Waals surface area contributed by atoms with Crippen molar-refractivity contribution in [2.75, 3.05) is 20.6 Å². The highest BCUT2D eigenvalue weighted by Gasteiger charge is 2.24. The molecule has 0 saturated heterocycles. The van der Waals surface area contributed by atoms with Crippen molar-refractivity contribution in [3.63, 3.8) is 0 Å². The Balaban J connectivity index is 3.09. The summed E-state index contributed by atoms with van der Waals surface area (Å²) in [6, 6.07) is 5.12. The molecule has 1 amide bonds. The van der Waals surface area contributed by atoms with Gasteiger partial charge in [0.1, 0.15) is 0 Å². The van der Waals surface area contributed by atoms with Crippen molar-refractivity contribution in [2.45, 2.75) is 18.7 Å². The van der Waals surface area contributed by atoms with E-state index in [-0.39, 0.29) is 17.3 Å². The van der Waals surface area contributed by atoms with E-state index in [1.165, 1.54) is 14.1 Å². The molecule has 0 atom stereocenters. The Kier molecular flexibility index (Phi) is 4.48. The molecule has 0 aliphatic carbocycles. The number of nitrogens with zero attached hydrogens (tertiary/aromatic N) is 1. The molecule has 100 valence electrons. The van der Waals surface area contributed by atoms with E-state index in [1.54, 1.807) is 25.1 Å². The molecule has 0 unspecified atom stereocenters. The largest absolute Gasteiger partial charge is 0.358 e. The van der Waals surface area contributed by atoms with E-state index >= 15 is 0 Å². The van der Waals surface area contributed by atoms with E-state index in [0.717, 1.165) is 9.87 Å². The van der Waals surface area contributed by atoms with E-state index in [0.29, 0.717) is 5.56 Å². The molecule has 0 saturated carbocycles. The van der Waals surface area contributed by atoms with E-state index in [1.807, 2.05) is 6.92 Å². The van der Waals surface area contributed by atoms with Crippen LogP contribution in [0.3, 0.4) is 0 Å². The normalized spacial score (nSPS) is 11.6. The van der Waals surface area contributed by atoms with Gasteiger partial charge in [0.15, 0.2) is 0 Å². The molecular formula is C12H18N2O3S. The van der Waals surface area contributed by atoms with Crippen molar-refractivity contribution in [1.29, 1.82) is 0 Å². The molecule has 1 N–H and O–H groups in total. The topological polar surface area (TPSA) is 66.5 Å². The Morgan fingerprint density at radius 2 is 1.94 bits per heavy atom. The maximum atomic E-state index is 12.3. The zero-order chi connectivity index (χ0) is 13.9. The fourth-order valence-corrected chi connectivity index (χ4v) is 2.95. The molecule has 5 nitrogen and oxygen atoms in total. The average Bonchev–Trinajstić information content (AvgIpc) is 2.28. The van der Waals surface area contributed by atoms with E-state index in [9.17, 15) is 13.2 Å². The van der Waals surface area contributed by atoms with Crippen LogP contribution in [0.15, 0.2) is 23.1 Å². The number of sulfonamides is 1. The first-order chi connectivity index (χ1) is 8.28. The number of carbonyl (C=O) groups excluding carboxylic acids is 1. The van der Waals surface area contributed by atoms with Crippen LogP contribution in [0.4, 0.5) is 0 Å². The van der Waals surface area contributed by atoms with Gasteiger partial charge in [0.25, 0.3) is 0 Å². The molecule has 0 radical (unpaired) electrons. The van der Waals surface area contributed by atoms with Crippen LogP contribution in [0.5, 0.6) is 0 Å². The van der Waals surface area contributed by atoms with Gasteiger partial charge in [-0.15, -0.1) is 0 Å². The van der Waals surface area contributed by atoms with E-state index in [2.05, 4.69) is 5.32 Å². The summed E-state index contributed by atoms with van der Waals surface area (Å²) < 4.78 is 25.6. The number of carbonyl (C=O) groups is 1. The first-order valence-corrected chi connectivity index (χ1v) is 6.97. The third kappa shape index (κ3) is 3.08. The quantitative estimate of drug-likeness (QED) is 0.874. The summed E-state index contributed by atoms with van der Waals surface area (Å²) in [6.07, 6.45) is 0. The Morgan fingerprint density at radius 1 is 1.33 bits per heavy atom. The molecule has 0 aliphatic heterocycles. The fourth-order valence-electron chi connectivity index (χ4n) is 1.62. The highest BCUT2D eigenvalue weighted by Crippen LogP contribution is 2.19. The molecule has 0 aromatic heterocycles. The van der Waals surface area contributed by atoms with Crippen LogP contribution in [-0.4, -0.2) is 39.3 Å². The first-order valence-electron chi connectivity index (χ1n) is 5.53. The summed E-state index contributed by atoms with van der Waals surface area (Å²) in [5, 5.41) is 2.40. The minimum atomic E-state index is -3.62. The summed E-state index contributed by atoms with van der Waals surface area (Å²) in [5.41, 5.74) is 1.68. The molecule has 1 aromatic rings. The molecule has 0 fully saturated rings. The molecule has 18 heavy (non-hydrogen) atoms. The van der Waals surface area contributed by atoms with Gasteiger partial charge in [0, 0.05) is 14.1 Å². The fraction of sp³-hybridized carbons (Fsp3) is 0.417. The Morgan fingerprint density at radius 3 is 2.44 bits per heavy atom. The Labute approximate surface area is 108 Å². The van der Waals surface area contributed by atoms with Crippen LogP contribution in [0.2, 0.25) is 0 Å². The lowest BCUT2D eigenvalue weighted by molar-refractivity contribution is -0.120. The second-order valence-electron chi connectivity index (χ2n) is 4.20. The predicted molar refractivity (Wildman–Crippen MR) is 69.8 cm³/mol. The molecule has 0 spiro atoms. The number of hydrogen-bond donors (Lipinski definition) is 1. The number of rotatable bonds is 4. The SMILES string of the molecule is CNC(=O)CN(C)S(=O)(=O)c1ccc(C)cc1C. The second kappa shape index (κ2) is 5.49. The maximum Gasteiger partial charge on any atom is 0.243 e. The van der Waals surface area contributed by atoms with Crippen LogP contribution in [0.25, 0.3) is 0 Å². The standard InChI is InChI=1S/C12H18N2O3S/c1-9-5-6-11(10(2)7-9)18(16,17)14(4)8-12(15)13-3/h5-7H,8H2,1-4H3,(H,13,15). The van der Waals surface area contributed by atoms with Crippen LogP contribution >= 0.6 is 0 Å². The van der Waals surface area contributed by atoms with Crippen LogP contribution in [0.1, 0.15) is 11.1 Å². The Hall–Kier alpha value is -1.40. The summed E-state index contributed by atoms with van der Waals surface area (Å²) in [5.74, 6) is -0.342. The van der Waals surface area contributed by atoms with Crippen molar-refractivity contribution in [1.82, 2.24) is 9.62 Å². The van der Waals surface area contributed by atoms with E-state index < -0.39 is 10.0 Å². The van der Waals surface area contributed by atoms with Gasteiger partial charge in [-0.2, -0.15) is 4.31 Å². The summed E-state index contributed by atoms with van der Waals surface area (Å²) in [7, 11) is -0.754.